The summed E-state index contributed by atoms with van der Waals surface area (Å²) in [4.78, 5) is 37.0. The van der Waals surface area contributed by atoms with Gasteiger partial charge >= 0.3 is 5.97 Å². The van der Waals surface area contributed by atoms with E-state index < -0.39 is 11.4 Å². The second-order valence-electron chi connectivity index (χ2n) is 5.72. The molecule has 0 aliphatic heterocycles. The van der Waals surface area contributed by atoms with Crippen LogP contribution in [-0.2, 0) is 20.7 Å². The summed E-state index contributed by atoms with van der Waals surface area (Å²) in [6, 6.07) is 5.08. The second-order valence-corrected chi connectivity index (χ2v) is 5.72. The lowest BCUT2D eigenvalue weighted by molar-refractivity contribution is -0.157. The highest BCUT2D eigenvalue weighted by molar-refractivity contribution is 6.06. The van der Waals surface area contributed by atoms with E-state index in [1.807, 2.05) is 0 Å². The molecule has 5 heteroatoms. The third-order valence-electron chi connectivity index (χ3n) is 4.30. The van der Waals surface area contributed by atoms with Crippen molar-refractivity contribution >= 4 is 17.5 Å². The van der Waals surface area contributed by atoms with E-state index in [9.17, 15) is 14.4 Å². The zero-order chi connectivity index (χ0) is 16.3. The quantitative estimate of drug-likeness (QED) is 0.619. The van der Waals surface area contributed by atoms with Gasteiger partial charge in [-0.25, -0.2) is 0 Å². The fourth-order valence-corrected chi connectivity index (χ4v) is 2.80. The van der Waals surface area contributed by atoms with Crippen molar-refractivity contribution in [3.05, 3.63) is 29.3 Å². The molecule has 0 spiro atoms. The predicted octanol–water partition coefficient (Wildman–Crippen LogP) is 2.35. The minimum atomic E-state index is -1.21. The van der Waals surface area contributed by atoms with E-state index in [0.29, 0.717) is 36.1 Å². The van der Waals surface area contributed by atoms with Crippen LogP contribution in [0.25, 0.3) is 0 Å². The van der Waals surface area contributed by atoms with Crippen LogP contribution >= 0.6 is 0 Å². The smallest absolute Gasteiger partial charge is 0.319 e. The lowest BCUT2D eigenvalue weighted by atomic mass is 9.79. The molecule has 2 rings (SSSR count). The SMILES string of the molecule is COC(=O)C1(C)CCCC(=O)c2ccc(OC)cc2CC1=O. The third-order valence-corrected chi connectivity index (χ3v) is 4.30. The minimum absolute atomic E-state index is 0.0143. The summed E-state index contributed by atoms with van der Waals surface area (Å²) >= 11 is 0. The van der Waals surface area contributed by atoms with Gasteiger partial charge in [-0.2, -0.15) is 0 Å². The van der Waals surface area contributed by atoms with Crippen molar-refractivity contribution in [2.45, 2.75) is 32.6 Å². The van der Waals surface area contributed by atoms with Crippen molar-refractivity contribution in [1.29, 1.82) is 0 Å². The Morgan fingerprint density at radius 3 is 2.59 bits per heavy atom. The monoisotopic (exact) mass is 304 g/mol. The number of methoxy groups -OCH3 is 2. The van der Waals surface area contributed by atoms with Gasteiger partial charge in [0, 0.05) is 18.4 Å². The molecule has 1 unspecified atom stereocenters. The maximum absolute atomic E-state index is 12.7. The van der Waals surface area contributed by atoms with Gasteiger partial charge in [-0.15, -0.1) is 0 Å². The van der Waals surface area contributed by atoms with Gasteiger partial charge in [0.25, 0.3) is 0 Å². The Morgan fingerprint density at radius 1 is 1.23 bits per heavy atom. The van der Waals surface area contributed by atoms with E-state index in [1.54, 1.807) is 25.1 Å². The number of fused-ring (bicyclic) bond motifs is 1. The van der Waals surface area contributed by atoms with E-state index in [-0.39, 0.29) is 18.0 Å². The number of hydrogen-bond acceptors (Lipinski definition) is 5. The molecule has 0 saturated carbocycles. The van der Waals surface area contributed by atoms with Crippen molar-refractivity contribution in [3.63, 3.8) is 0 Å². The molecule has 118 valence electrons. The van der Waals surface area contributed by atoms with Crippen molar-refractivity contribution in [2.75, 3.05) is 14.2 Å². The normalized spacial score (nSPS) is 22.1. The number of carbonyl (C=O) groups is 3. The molecule has 1 aromatic rings. The van der Waals surface area contributed by atoms with Crippen LogP contribution in [0.15, 0.2) is 18.2 Å². The highest BCUT2D eigenvalue weighted by atomic mass is 16.5. The molecule has 0 saturated heterocycles. The molecule has 22 heavy (non-hydrogen) atoms. The Bertz CT molecular complexity index is 619. The Morgan fingerprint density at radius 2 is 1.95 bits per heavy atom. The summed E-state index contributed by atoms with van der Waals surface area (Å²) < 4.78 is 9.95. The molecule has 0 fully saturated rings. The predicted molar refractivity (Wildman–Crippen MR) is 80.0 cm³/mol. The van der Waals surface area contributed by atoms with E-state index in [1.165, 1.54) is 14.2 Å². The molecule has 0 heterocycles. The van der Waals surface area contributed by atoms with Gasteiger partial charge < -0.3 is 9.47 Å². The van der Waals surface area contributed by atoms with E-state index in [4.69, 9.17) is 9.47 Å². The Labute approximate surface area is 129 Å². The van der Waals surface area contributed by atoms with Gasteiger partial charge in [-0.1, -0.05) is 0 Å². The molecule has 0 bridgehead atoms. The van der Waals surface area contributed by atoms with Crippen molar-refractivity contribution in [2.24, 2.45) is 5.41 Å². The van der Waals surface area contributed by atoms with Crippen molar-refractivity contribution < 1.29 is 23.9 Å². The van der Waals surface area contributed by atoms with Crippen LogP contribution in [0.4, 0.5) is 0 Å². The molecule has 0 radical (unpaired) electrons. The summed E-state index contributed by atoms with van der Waals surface area (Å²) in [5, 5.41) is 0. The van der Waals surface area contributed by atoms with Gasteiger partial charge in [-0.05, 0) is 43.5 Å². The van der Waals surface area contributed by atoms with Crippen molar-refractivity contribution in [3.8, 4) is 5.75 Å². The van der Waals surface area contributed by atoms with Crippen LogP contribution < -0.4 is 4.74 Å². The second kappa shape index (κ2) is 6.30. The van der Waals surface area contributed by atoms with Crippen LogP contribution in [0, 0.1) is 5.41 Å². The minimum Gasteiger partial charge on any atom is -0.497 e. The Balaban J connectivity index is 2.47. The fourth-order valence-electron chi connectivity index (χ4n) is 2.80. The number of carbonyl (C=O) groups excluding carboxylic acids is 3. The molecule has 1 atom stereocenters. The molecule has 1 aliphatic rings. The van der Waals surface area contributed by atoms with E-state index in [2.05, 4.69) is 0 Å². The Hall–Kier alpha value is -2.17. The fraction of sp³-hybridized carbons (Fsp3) is 0.471. The molecule has 0 amide bonds. The lowest BCUT2D eigenvalue weighted by Crippen LogP contribution is -2.38. The maximum Gasteiger partial charge on any atom is 0.319 e. The highest BCUT2D eigenvalue weighted by Crippen LogP contribution is 2.32. The standard InChI is InChI=1S/C17H20O5/c1-17(16(20)22-3)8-4-5-14(18)13-7-6-12(21-2)9-11(13)10-15(17)19/h6-7,9H,4-5,8,10H2,1-3H3. The summed E-state index contributed by atoms with van der Waals surface area (Å²) in [6.45, 7) is 1.59. The number of ether oxygens (including phenoxy) is 2. The van der Waals surface area contributed by atoms with E-state index in [0.717, 1.165) is 0 Å². The number of esters is 1. The first kappa shape index (κ1) is 16.2. The van der Waals surface area contributed by atoms with Gasteiger partial charge in [-0.3, -0.25) is 14.4 Å². The third kappa shape index (κ3) is 2.89. The first-order chi connectivity index (χ1) is 10.4. The average molecular weight is 304 g/mol. The summed E-state index contributed by atoms with van der Waals surface area (Å²) in [7, 11) is 2.80. The molecule has 0 aromatic heterocycles. The number of rotatable bonds is 2. The molecule has 0 N–H and O–H groups in total. The van der Waals surface area contributed by atoms with Crippen LogP contribution in [0.3, 0.4) is 0 Å². The molecular weight excluding hydrogens is 284 g/mol. The maximum atomic E-state index is 12.7. The summed E-state index contributed by atoms with van der Waals surface area (Å²) in [6.07, 6.45) is 1.11. The topological polar surface area (TPSA) is 69.7 Å². The largest absolute Gasteiger partial charge is 0.497 e. The molecule has 1 aliphatic carbocycles. The number of hydrogen-bond donors (Lipinski definition) is 0. The van der Waals surface area contributed by atoms with E-state index >= 15 is 0 Å². The number of benzene rings is 1. The average Bonchev–Trinajstić information content (AvgIpc) is 2.56. The van der Waals surface area contributed by atoms with Crippen LogP contribution in [0.1, 0.15) is 42.1 Å². The Kier molecular flexibility index (Phi) is 4.64. The number of Topliss-reactive ketones (excluding diaryl/α,β-unsaturated/α-hetero) is 2. The first-order valence-electron chi connectivity index (χ1n) is 7.24. The lowest BCUT2D eigenvalue weighted by Gasteiger charge is -2.24. The van der Waals surface area contributed by atoms with Crippen LogP contribution in [0.5, 0.6) is 5.75 Å². The highest BCUT2D eigenvalue weighted by Gasteiger charge is 2.42. The first-order valence-corrected chi connectivity index (χ1v) is 7.24. The van der Waals surface area contributed by atoms with Gasteiger partial charge in [0.2, 0.25) is 0 Å². The number of ketones is 2. The van der Waals surface area contributed by atoms with Crippen molar-refractivity contribution in [1.82, 2.24) is 0 Å². The molecule has 1 aromatic carbocycles. The van der Waals surface area contributed by atoms with Crippen LogP contribution in [-0.4, -0.2) is 31.8 Å². The summed E-state index contributed by atoms with van der Waals surface area (Å²) in [5.41, 5.74) is -0.0747. The molecule has 5 nitrogen and oxygen atoms in total. The van der Waals surface area contributed by atoms with Gasteiger partial charge in [0.1, 0.15) is 11.2 Å². The van der Waals surface area contributed by atoms with Crippen LogP contribution in [0.2, 0.25) is 0 Å². The molecular formula is C17H20O5. The van der Waals surface area contributed by atoms with Gasteiger partial charge in [0.15, 0.2) is 11.6 Å². The zero-order valence-corrected chi connectivity index (χ0v) is 13.1. The van der Waals surface area contributed by atoms with Gasteiger partial charge in [0.05, 0.1) is 14.2 Å². The zero-order valence-electron chi connectivity index (χ0n) is 13.1. The summed E-state index contributed by atoms with van der Waals surface area (Å²) in [5.74, 6) is -0.210.